The van der Waals surface area contributed by atoms with E-state index in [1.165, 1.54) is 6.07 Å². The van der Waals surface area contributed by atoms with Gasteiger partial charge in [-0.3, -0.25) is 10.1 Å². The third-order valence-electron chi connectivity index (χ3n) is 3.27. The van der Waals surface area contributed by atoms with E-state index in [1.807, 2.05) is 19.9 Å². The van der Waals surface area contributed by atoms with E-state index in [1.54, 1.807) is 6.07 Å². The molecule has 0 radical (unpaired) electrons. The molecule has 0 aliphatic heterocycles. The largest absolute Gasteiger partial charge is 0.491 e. The fraction of sp³-hybridized carbons (Fsp3) is 0.571. The molecule has 2 rings (SSSR count). The smallest absolute Gasteiger partial charge is 0.275 e. The van der Waals surface area contributed by atoms with Gasteiger partial charge in [0.25, 0.3) is 5.69 Å². The van der Waals surface area contributed by atoms with Crippen LogP contribution in [-0.4, -0.2) is 17.1 Å². The molecule has 1 aromatic carbocycles. The van der Waals surface area contributed by atoms with Crippen LogP contribution in [0, 0.1) is 16.0 Å². The molecule has 1 aromatic rings. The van der Waals surface area contributed by atoms with Crippen LogP contribution in [0.2, 0.25) is 0 Å². The highest BCUT2D eigenvalue weighted by atomic mass is 16.6. The number of benzene rings is 1. The number of nitro benzene ring substituents is 1. The zero-order valence-electron chi connectivity index (χ0n) is 11.6. The summed E-state index contributed by atoms with van der Waals surface area (Å²) in [7, 11) is 0. The van der Waals surface area contributed by atoms with E-state index in [0.29, 0.717) is 17.7 Å². The van der Waals surface area contributed by atoms with Gasteiger partial charge in [-0.05, 0) is 26.2 Å². The van der Waals surface area contributed by atoms with Gasteiger partial charge in [-0.1, -0.05) is 13.3 Å². The Morgan fingerprint density at radius 3 is 2.74 bits per heavy atom. The van der Waals surface area contributed by atoms with Gasteiger partial charge in [0.05, 0.1) is 17.1 Å². The Kier molecular flexibility index (Phi) is 3.93. The predicted molar refractivity (Wildman–Crippen MR) is 74.7 cm³/mol. The lowest BCUT2D eigenvalue weighted by atomic mass is 10.2. The van der Waals surface area contributed by atoms with E-state index < -0.39 is 0 Å². The summed E-state index contributed by atoms with van der Waals surface area (Å²) in [5.74, 6) is 1.23. The molecule has 0 amide bonds. The molecule has 1 N–H and O–H groups in total. The summed E-state index contributed by atoms with van der Waals surface area (Å²) in [6, 6.07) is 5.31. The molecule has 2 unspecified atom stereocenters. The number of nitro groups is 1. The second-order valence-corrected chi connectivity index (χ2v) is 5.29. The molecule has 0 spiro atoms. The molecule has 1 aliphatic rings. The summed E-state index contributed by atoms with van der Waals surface area (Å²) in [6.07, 6.45) is 2.28. The Morgan fingerprint density at radius 1 is 1.47 bits per heavy atom. The van der Waals surface area contributed by atoms with Crippen molar-refractivity contribution < 1.29 is 9.66 Å². The van der Waals surface area contributed by atoms with Crippen LogP contribution in [-0.2, 0) is 0 Å². The highest BCUT2D eigenvalue weighted by Gasteiger charge is 2.35. The van der Waals surface area contributed by atoms with Crippen LogP contribution in [0.15, 0.2) is 18.2 Å². The molecule has 0 bridgehead atoms. The molecular weight excluding hydrogens is 244 g/mol. The zero-order valence-corrected chi connectivity index (χ0v) is 11.6. The number of ether oxygens (including phenoxy) is 1. The summed E-state index contributed by atoms with van der Waals surface area (Å²) < 4.78 is 5.56. The number of non-ortho nitro benzene ring substituents is 1. The van der Waals surface area contributed by atoms with E-state index in [-0.39, 0.29) is 16.7 Å². The average molecular weight is 264 g/mol. The minimum atomic E-state index is -0.386. The minimum Gasteiger partial charge on any atom is -0.491 e. The van der Waals surface area contributed by atoms with Crippen molar-refractivity contribution in [3.8, 4) is 5.75 Å². The Balaban J connectivity index is 2.16. The molecule has 0 heterocycles. The van der Waals surface area contributed by atoms with Gasteiger partial charge in [0.2, 0.25) is 0 Å². The van der Waals surface area contributed by atoms with Gasteiger partial charge in [0, 0.05) is 23.9 Å². The molecule has 104 valence electrons. The highest BCUT2D eigenvalue weighted by molar-refractivity contribution is 5.57. The van der Waals surface area contributed by atoms with Crippen molar-refractivity contribution in [2.24, 2.45) is 5.92 Å². The molecule has 1 aliphatic carbocycles. The van der Waals surface area contributed by atoms with E-state index >= 15 is 0 Å². The van der Waals surface area contributed by atoms with Crippen molar-refractivity contribution in [2.45, 2.75) is 45.8 Å². The number of nitrogens with zero attached hydrogens (tertiary/aromatic N) is 1. The number of anilines is 1. The molecule has 0 aromatic heterocycles. The standard InChI is InChI=1S/C14H20N2O3/c1-4-10-5-14(10)15-11-6-12(16(17)18)8-13(7-11)19-9(2)3/h6-10,14-15H,4-5H2,1-3H3. The van der Waals surface area contributed by atoms with Gasteiger partial charge >= 0.3 is 0 Å². The summed E-state index contributed by atoms with van der Waals surface area (Å²) in [5, 5.41) is 14.3. The Labute approximate surface area is 113 Å². The Bertz CT molecular complexity index is 474. The van der Waals surface area contributed by atoms with Crippen LogP contribution in [0.3, 0.4) is 0 Å². The topological polar surface area (TPSA) is 64.4 Å². The van der Waals surface area contributed by atoms with E-state index in [2.05, 4.69) is 12.2 Å². The quantitative estimate of drug-likeness (QED) is 0.630. The number of hydrogen-bond donors (Lipinski definition) is 1. The van der Waals surface area contributed by atoms with Crippen LogP contribution in [0.25, 0.3) is 0 Å². The van der Waals surface area contributed by atoms with Crippen molar-refractivity contribution >= 4 is 11.4 Å². The van der Waals surface area contributed by atoms with E-state index in [4.69, 9.17) is 4.74 Å². The van der Waals surface area contributed by atoms with Crippen LogP contribution in [0.4, 0.5) is 11.4 Å². The van der Waals surface area contributed by atoms with Crippen LogP contribution >= 0.6 is 0 Å². The van der Waals surface area contributed by atoms with Gasteiger partial charge in [-0.2, -0.15) is 0 Å². The fourth-order valence-electron chi connectivity index (χ4n) is 2.20. The van der Waals surface area contributed by atoms with Crippen molar-refractivity contribution in [3.63, 3.8) is 0 Å². The minimum absolute atomic E-state index is 0.000769. The first kappa shape index (κ1) is 13.6. The summed E-state index contributed by atoms with van der Waals surface area (Å²) in [5.41, 5.74) is 0.833. The maximum Gasteiger partial charge on any atom is 0.275 e. The van der Waals surface area contributed by atoms with Gasteiger partial charge in [0.1, 0.15) is 5.75 Å². The normalized spacial score (nSPS) is 21.3. The van der Waals surface area contributed by atoms with Crippen molar-refractivity contribution in [2.75, 3.05) is 5.32 Å². The summed E-state index contributed by atoms with van der Waals surface area (Å²) in [4.78, 5) is 10.5. The lowest BCUT2D eigenvalue weighted by Gasteiger charge is -2.12. The van der Waals surface area contributed by atoms with Gasteiger partial charge in [-0.25, -0.2) is 0 Å². The van der Waals surface area contributed by atoms with Crippen LogP contribution in [0.5, 0.6) is 5.75 Å². The van der Waals surface area contributed by atoms with Gasteiger partial charge in [-0.15, -0.1) is 0 Å². The Morgan fingerprint density at radius 2 is 2.21 bits per heavy atom. The summed E-state index contributed by atoms with van der Waals surface area (Å²) >= 11 is 0. The second-order valence-electron chi connectivity index (χ2n) is 5.29. The highest BCUT2D eigenvalue weighted by Crippen LogP contribution is 2.37. The molecule has 5 heteroatoms. The monoisotopic (exact) mass is 264 g/mol. The average Bonchev–Trinajstić information content (AvgIpc) is 3.06. The predicted octanol–water partition coefficient (Wildman–Crippen LogP) is 3.59. The number of hydrogen-bond acceptors (Lipinski definition) is 4. The van der Waals surface area contributed by atoms with E-state index in [0.717, 1.165) is 18.5 Å². The van der Waals surface area contributed by atoms with E-state index in [9.17, 15) is 10.1 Å². The number of rotatable bonds is 6. The van der Waals surface area contributed by atoms with Crippen molar-refractivity contribution in [1.82, 2.24) is 0 Å². The molecule has 5 nitrogen and oxygen atoms in total. The fourth-order valence-corrected chi connectivity index (χ4v) is 2.20. The first-order valence-corrected chi connectivity index (χ1v) is 6.72. The van der Waals surface area contributed by atoms with Crippen molar-refractivity contribution in [1.29, 1.82) is 0 Å². The Hall–Kier alpha value is -1.78. The van der Waals surface area contributed by atoms with Gasteiger partial charge in [0.15, 0.2) is 0 Å². The van der Waals surface area contributed by atoms with Gasteiger partial charge < -0.3 is 10.1 Å². The maximum atomic E-state index is 10.9. The summed E-state index contributed by atoms with van der Waals surface area (Å²) in [6.45, 7) is 5.97. The van der Waals surface area contributed by atoms with Crippen LogP contribution < -0.4 is 10.1 Å². The first-order chi connectivity index (χ1) is 8.99. The third-order valence-corrected chi connectivity index (χ3v) is 3.27. The first-order valence-electron chi connectivity index (χ1n) is 6.72. The lowest BCUT2D eigenvalue weighted by molar-refractivity contribution is -0.384. The molecular formula is C14H20N2O3. The third kappa shape index (κ3) is 3.59. The second kappa shape index (κ2) is 5.47. The number of nitrogens with one attached hydrogen (secondary N) is 1. The molecule has 1 fully saturated rings. The molecule has 0 saturated heterocycles. The molecule has 1 saturated carbocycles. The molecule has 2 atom stereocenters. The maximum absolute atomic E-state index is 10.9. The van der Waals surface area contributed by atoms with Crippen molar-refractivity contribution in [3.05, 3.63) is 28.3 Å². The SMILES string of the molecule is CCC1CC1Nc1cc(OC(C)C)cc([N+](=O)[O-])c1. The lowest BCUT2D eigenvalue weighted by Crippen LogP contribution is -2.08. The molecule has 19 heavy (non-hydrogen) atoms. The zero-order chi connectivity index (χ0) is 14.0. The van der Waals surface area contributed by atoms with Crippen LogP contribution in [0.1, 0.15) is 33.6 Å².